The van der Waals surface area contributed by atoms with E-state index in [1.54, 1.807) is 20.8 Å². The Bertz CT molecular complexity index is 192. The zero-order chi connectivity index (χ0) is 10.3. The normalized spacial score (nSPS) is 11.6. The summed E-state index contributed by atoms with van der Waals surface area (Å²) in [6.45, 7) is 5.64. The number of hydrogen-bond donors (Lipinski definition) is 0. The molecule has 0 bridgehead atoms. The van der Waals surface area contributed by atoms with Crippen molar-refractivity contribution in [3.05, 3.63) is 6.16 Å². The number of Topliss-reactive ketones (excluding diaryl/α,β-unsaturated/α-hetero) is 1. The summed E-state index contributed by atoms with van der Waals surface area (Å²) in [5, 5.41) is 0. The van der Waals surface area contributed by atoms with Gasteiger partial charge in [0.25, 0.3) is 0 Å². The summed E-state index contributed by atoms with van der Waals surface area (Å²) in [5.41, 5.74) is 0. The zero-order valence-corrected chi connectivity index (χ0v) is 9.17. The Kier molecular flexibility index (Phi) is 6.21. The topological polar surface area (TPSA) is 52.6 Å². The molecule has 0 rings (SSSR count). The minimum absolute atomic E-state index is 0.217. The molecular formula is C8H16O4P. The van der Waals surface area contributed by atoms with Gasteiger partial charge in [-0.15, -0.1) is 0 Å². The molecule has 0 aromatic rings. The highest BCUT2D eigenvalue weighted by atomic mass is 31.2. The van der Waals surface area contributed by atoms with Gasteiger partial charge in [0.05, 0.1) is 13.2 Å². The fourth-order valence-corrected chi connectivity index (χ4v) is 2.22. The van der Waals surface area contributed by atoms with Crippen molar-refractivity contribution in [3.63, 3.8) is 0 Å². The lowest BCUT2D eigenvalue weighted by atomic mass is 10.4. The van der Waals surface area contributed by atoms with Crippen LogP contribution in [0, 0.1) is 6.16 Å². The van der Waals surface area contributed by atoms with Gasteiger partial charge in [0.1, 0.15) is 11.9 Å². The van der Waals surface area contributed by atoms with Gasteiger partial charge in [0, 0.05) is 6.42 Å². The molecule has 0 unspecified atom stereocenters. The fourth-order valence-electron chi connectivity index (χ4n) is 0.739. The van der Waals surface area contributed by atoms with E-state index in [1.807, 2.05) is 0 Å². The molecular weight excluding hydrogens is 191 g/mol. The molecule has 1 radical (unpaired) electrons. The number of ketones is 1. The molecule has 77 valence electrons. The van der Waals surface area contributed by atoms with Crippen LogP contribution in [0.15, 0.2) is 0 Å². The molecule has 5 heteroatoms. The van der Waals surface area contributed by atoms with Crippen LogP contribution in [-0.2, 0) is 18.4 Å². The second-order valence-corrected chi connectivity index (χ2v) is 4.18. The fraction of sp³-hybridized carbons (Fsp3) is 0.750. The molecule has 0 aliphatic carbocycles. The van der Waals surface area contributed by atoms with Gasteiger partial charge >= 0.3 is 7.60 Å². The van der Waals surface area contributed by atoms with Crippen LogP contribution >= 0.6 is 7.60 Å². The first-order valence-electron chi connectivity index (χ1n) is 4.35. The second-order valence-electron chi connectivity index (χ2n) is 2.32. The van der Waals surface area contributed by atoms with Crippen LogP contribution in [0.3, 0.4) is 0 Å². The number of rotatable bonds is 7. The van der Waals surface area contributed by atoms with Crippen molar-refractivity contribution in [1.82, 2.24) is 0 Å². The molecule has 0 fully saturated rings. The van der Waals surface area contributed by atoms with E-state index < -0.39 is 7.60 Å². The second kappa shape index (κ2) is 6.30. The Morgan fingerprint density at radius 1 is 1.23 bits per heavy atom. The monoisotopic (exact) mass is 207 g/mol. The van der Waals surface area contributed by atoms with Crippen LogP contribution in [0.1, 0.15) is 27.2 Å². The van der Waals surface area contributed by atoms with Gasteiger partial charge in [-0.25, -0.2) is 0 Å². The maximum atomic E-state index is 11.7. The molecule has 0 aromatic heterocycles. The third kappa shape index (κ3) is 5.19. The van der Waals surface area contributed by atoms with Crippen LogP contribution in [0.25, 0.3) is 0 Å². The SMILES string of the molecule is CCOP(=O)([CH]C(=O)CC)OCC. The zero-order valence-electron chi connectivity index (χ0n) is 8.28. The van der Waals surface area contributed by atoms with E-state index >= 15 is 0 Å². The van der Waals surface area contributed by atoms with E-state index in [2.05, 4.69) is 0 Å². The third-order valence-corrected chi connectivity index (χ3v) is 3.11. The molecule has 0 N–H and O–H groups in total. The minimum atomic E-state index is -3.27. The van der Waals surface area contributed by atoms with Gasteiger partial charge in [-0.05, 0) is 13.8 Å². The predicted octanol–water partition coefficient (Wildman–Crippen LogP) is 2.39. The standard InChI is InChI=1S/C8H16O4P/c1-4-8(9)7-13(10,11-5-2)12-6-3/h7H,4-6H2,1-3H3. The third-order valence-electron chi connectivity index (χ3n) is 1.27. The van der Waals surface area contributed by atoms with Gasteiger partial charge in [-0.3, -0.25) is 9.36 Å². The Morgan fingerprint density at radius 2 is 1.69 bits per heavy atom. The summed E-state index contributed by atoms with van der Waals surface area (Å²) >= 11 is 0. The van der Waals surface area contributed by atoms with Gasteiger partial charge in [-0.2, -0.15) is 0 Å². The van der Waals surface area contributed by atoms with E-state index in [-0.39, 0.29) is 19.0 Å². The Hall–Kier alpha value is -0.180. The predicted molar refractivity (Wildman–Crippen MR) is 50.5 cm³/mol. The summed E-state index contributed by atoms with van der Waals surface area (Å²) in [7, 11) is -3.27. The van der Waals surface area contributed by atoms with Crippen molar-refractivity contribution < 1.29 is 18.4 Å². The van der Waals surface area contributed by atoms with E-state index in [4.69, 9.17) is 9.05 Å². The van der Waals surface area contributed by atoms with Crippen molar-refractivity contribution in [2.75, 3.05) is 13.2 Å². The molecule has 0 aromatic carbocycles. The summed E-state index contributed by atoms with van der Waals surface area (Å²) in [6.07, 6.45) is 1.37. The first kappa shape index (κ1) is 12.8. The molecule has 0 aliphatic heterocycles. The van der Waals surface area contributed by atoms with Crippen molar-refractivity contribution >= 4 is 13.4 Å². The average molecular weight is 207 g/mol. The summed E-state index contributed by atoms with van der Waals surface area (Å²) in [4.78, 5) is 11.0. The van der Waals surface area contributed by atoms with Crippen LogP contribution in [0.5, 0.6) is 0 Å². The molecule has 4 nitrogen and oxygen atoms in total. The molecule has 0 heterocycles. The molecule has 0 aliphatic rings. The lowest BCUT2D eigenvalue weighted by Crippen LogP contribution is -2.03. The first-order valence-corrected chi connectivity index (χ1v) is 5.96. The molecule has 0 amide bonds. The number of carbonyl (C=O) groups is 1. The highest BCUT2D eigenvalue weighted by Crippen LogP contribution is 2.51. The smallest absolute Gasteiger partial charge is 0.308 e. The molecule has 0 atom stereocenters. The Labute approximate surface area is 79.1 Å². The van der Waals surface area contributed by atoms with Gasteiger partial charge in [0.2, 0.25) is 0 Å². The number of hydrogen-bond acceptors (Lipinski definition) is 4. The quantitative estimate of drug-likeness (QED) is 0.601. The van der Waals surface area contributed by atoms with Gasteiger partial charge in [-0.1, -0.05) is 6.92 Å². The Morgan fingerprint density at radius 3 is 2.00 bits per heavy atom. The van der Waals surface area contributed by atoms with Gasteiger partial charge in [0.15, 0.2) is 0 Å². The van der Waals surface area contributed by atoms with Crippen LogP contribution in [0.4, 0.5) is 0 Å². The summed E-state index contributed by atoms with van der Waals surface area (Å²) < 4.78 is 21.5. The lowest BCUT2D eigenvalue weighted by molar-refractivity contribution is -0.115. The lowest BCUT2D eigenvalue weighted by Gasteiger charge is -2.14. The van der Waals surface area contributed by atoms with Crippen molar-refractivity contribution in [2.45, 2.75) is 27.2 Å². The minimum Gasteiger partial charge on any atom is -0.308 e. The summed E-state index contributed by atoms with van der Waals surface area (Å²) in [5.74, 6) is -0.217. The highest BCUT2D eigenvalue weighted by molar-refractivity contribution is 7.57. The molecule has 0 saturated carbocycles. The van der Waals surface area contributed by atoms with Crippen LogP contribution in [0.2, 0.25) is 0 Å². The molecule has 0 spiro atoms. The van der Waals surface area contributed by atoms with E-state index in [0.717, 1.165) is 6.16 Å². The average Bonchev–Trinajstić information content (AvgIpc) is 2.04. The van der Waals surface area contributed by atoms with Crippen LogP contribution in [-0.4, -0.2) is 19.0 Å². The van der Waals surface area contributed by atoms with Crippen molar-refractivity contribution in [3.8, 4) is 0 Å². The van der Waals surface area contributed by atoms with E-state index in [9.17, 15) is 9.36 Å². The first-order chi connectivity index (χ1) is 6.08. The largest absolute Gasteiger partial charge is 0.342 e. The maximum Gasteiger partial charge on any atom is 0.342 e. The van der Waals surface area contributed by atoms with Crippen LogP contribution < -0.4 is 0 Å². The highest BCUT2D eigenvalue weighted by Gasteiger charge is 2.27. The van der Waals surface area contributed by atoms with Gasteiger partial charge < -0.3 is 9.05 Å². The van der Waals surface area contributed by atoms with Crippen molar-refractivity contribution in [2.24, 2.45) is 0 Å². The summed E-state index contributed by atoms with van der Waals surface area (Å²) in [6, 6.07) is 0. The van der Waals surface area contributed by atoms with E-state index in [0.29, 0.717) is 6.42 Å². The molecule has 0 saturated heterocycles. The molecule has 13 heavy (non-hydrogen) atoms. The van der Waals surface area contributed by atoms with Crippen molar-refractivity contribution in [1.29, 1.82) is 0 Å². The number of carbonyl (C=O) groups excluding carboxylic acids is 1. The Balaban J connectivity index is 4.23. The van der Waals surface area contributed by atoms with E-state index in [1.165, 1.54) is 0 Å². The maximum absolute atomic E-state index is 11.7.